The van der Waals surface area contributed by atoms with E-state index in [1.807, 2.05) is 72.8 Å². The summed E-state index contributed by atoms with van der Waals surface area (Å²) in [7, 11) is 0. The molecule has 3 aromatic heterocycles. The number of aromatic nitrogens is 8. The van der Waals surface area contributed by atoms with Gasteiger partial charge in [0.1, 0.15) is 0 Å². The number of benzene rings is 2. The van der Waals surface area contributed by atoms with Crippen molar-refractivity contribution < 1.29 is 17.1 Å². The summed E-state index contributed by atoms with van der Waals surface area (Å²) < 4.78 is 0. The summed E-state index contributed by atoms with van der Waals surface area (Å²) in [5.41, 5.74) is 2.41. The molecule has 2 aliphatic carbocycles. The average molecular weight is 580 g/mol. The maximum atomic E-state index is 5.02. The molecule has 0 saturated carbocycles. The summed E-state index contributed by atoms with van der Waals surface area (Å²) in [6.07, 6.45) is 16.7. The molecule has 4 unspecified atom stereocenters. The normalized spacial score (nSPS) is 22.0. The van der Waals surface area contributed by atoms with E-state index in [2.05, 4.69) is 24.3 Å². The van der Waals surface area contributed by atoms with E-state index in [-0.39, 0.29) is 40.7 Å². The van der Waals surface area contributed by atoms with E-state index < -0.39 is 0 Å². The minimum Gasteiger partial charge on any atom is -0.357 e. The molecule has 0 amide bonds. The molecule has 4 aliphatic rings. The molecule has 0 N–H and O–H groups in total. The SMILES string of the molecule is C1=CC2c3nc(nc4[n-]c(nc5nc(nc6[n-]c(n3)c3ccccc63)C3C=CC=CC53)c3ccccc43)C2C=C1.[Cu+2]. The molecule has 41 heavy (non-hydrogen) atoms. The molecule has 0 fully saturated rings. The van der Waals surface area contributed by atoms with Crippen LogP contribution in [0.2, 0.25) is 0 Å². The van der Waals surface area contributed by atoms with Crippen LogP contribution in [-0.4, -0.2) is 29.9 Å². The fourth-order valence-corrected chi connectivity index (χ4v) is 6.09. The van der Waals surface area contributed by atoms with Gasteiger partial charge < -0.3 is 29.9 Å². The van der Waals surface area contributed by atoms with Crippen molar-refractivity contribution in [3.63, 3.8) is 0 Å². The number of rotatable bonds is 0. The first-order chi connectivity index (χ1) is 19.8. The standard InChI is InChI=1S/C32H20N8.Cu/c1-2-10-18-17(9-1)25-33-26(18)38-28-21-13-5-6-14-22(21)30(35-28)40-32-24-16-8-7-15-23(24)31(36-32)39-29-20-12-4-3-11-19(20)27(34-29)37-25;/h1-18,23-24H;/q-2;+2. The van der Waals surface area contributed by atoms with Gasteiger partial charge in [-0.25, -0.2) is 0 Å². The molecular weight excluding hydrogens is 560 g/mol. The molecule has 4 atom stereocenters. The van der Waals surface area contributed by atoms with Gasteiger partial charge in [0.2, 0.25) is 0 Å². The van der Waals surface area contributed by atoms with E-state index in [0.29, 0.717) is 45.9 Å². The molecule has 8 bridgehead atoms. The van der Waals surface area contributed by atoms with E-state index in [9.17, 15) is 0 Å². The van der Waals surface area contributed by atoms with Gasteiger partial charge in [0.25, 0.3) is 0 Å². The Morgan fingerprint density at radius 3 is 0.927 bits per heavy atom. The van der Waals surface area contributed by atoms with Crippen molar-refractivity contribution >= 4 is 44.1 Å². The van der Waals surface area contributed by atoms with Crippen molar-refractivity contribution in [2.45, 2.75) is 23.7 Å². The van der Waals surface area contributed by atoms with Crippen LogP contribution < -0.4 is 9.97 Å². The molecule has 199 valence electrons. The Bertz CT molecular complexity index is 1870. The Labute approximate surface area is 244 Å². The van der Waals surface area contributed by atoms with Crippen molar-refractivity contribution in [2.75, 3.05) is 0 Å². The van der Waals surface area contributed by atoms with Crippen LogP contribution in [0, 0.1) is 0 Å². The second-order valence-electron chi connectivity index (χ2n) is 10.4. The van der Waals surface area contributed by atoms with Crippen LogP contribution in [0.1, 0.15) is 47.0 Å². The Morgan fingerprint density at radius 1 is 0.390 bits per heavy atom. The van der Waals surface area contributed by atoms with E-state index in [1.165, 1.54) is 0 Å². The number of hydrogen-bond acceptors (Lipinski definition) is 6. The van der Waals surface area contributed by atoms with Crippen LogP contribution in [0.4, 0.5) is 0 Å². The van der Waals surface area contributed by atoms with E-state index in [0.717, 1.165) is 21.5 Å². The van der Waals surface area contributed by atoms with Gasteiger partial charge in [-0.1, -0.05) is 97.1 Å². The fraction of sp³-hybridized carbons (Fsp3) is 0.125. The minimum absolute atomic E-state index is 0. The van der Waals surface area contributed by atoms with Gasteiger partial charge in [-0.15, -0.1) is 0 Å². The van der Waals surface area contributed by atoms with Gasteiger partial charge in [-0.2, -0.15) is 0 Å². The summed E-state index contributed by atoms with van der Waals surface area (Å²) in [4.78, 5) is 39.8. The van der Waals surface area contributed by atoms with Gasteiger partial charge in [0.05, 0.1) is 23.3 Å². The number of fused-ring (bicyclic) bond motifs is 20. The molecule has 8 nitrogen and oxygen atoms in total. The number of hydrogen-bond donors (Lipinski definition) is 0. The van der Waals surface area contributed by atoms with Gasteiger partial charge in [0.15, 0.2) is 0 Å². The second-order valence-corrected chi connectivity index (χ2v) is 10.4. The summed E-state index contributed by atoms with van der Waals surface area (Å²) in [5.74, 6) is 2.60. The topological polar surface area (TPSA) is 106 Å². The van der Waals surface area contributed by atoms with Crippen molar-refractivity contribution in [1.82, 2.24) is 39.9 Å². The van der Waals surface area contributed by atoms with Crippen molar-refractivity contribution in [1.29, 1.82) is 0 Å². The molecular formula is C32H20CuN8. The number of allylic oxidation sites excluding steroid dienone is 8. The van der Waals surface area contributed by atoms with Gasteiger partial charge in [-0.05, 0) is 21.5 Å². The summed E-state index contributed by atoms with van der Waals surface area (Å²) in [6, 6.07) is 16.1. The smallest absolute Gasteiger partial charge is 0.357 e. The largest absolute Gasteiger partial charge is 2.00 e. The van der Waals surface area contributed by atoms with Crippen molar-refractivity contribution in [3.05, 3.63) is 120 Å². The molecule has 0 spiro atoms. The third kappa shape index (κ3) is 3.66. The predicted molar refractivity (Wildman–Crippen MR) is 153 cm³/mol. The van der Waals surface area contributed by atoms with Crippen LogP contribution in [0.15, 0.2) is 97.1 Å². The Balaban J connectivity index is 0.00000256. The van der Waals surface area contributed by atoms with E-state index in [4.69, 9.17) is 39.9 Å². The number of nitrogens with zero attached hydrogens (tertiary/aromatic N) is 8. The van der Waals surface area contributed by atoms with E-state index in [1.54, 1.807) is 0 Å². The van der Waals surface area contributed by atoms with Crippen LogP contribution >= 0.6 is 0 Å². The Morgan fingerprint density at radius 2 is 0.659 bits per heavy atom. The first-order valence-corrected chi connectivity index (χ1v) is 13.4. The van der Waals surface area contributed by atoms with Crippen molar-refractivity contribution in [2.24, 2.45) is 0 Å². The maximum Gasteiger partial charge on any atom is 2.00 e. The zero-order valence-corrected chi connectivity index (χ0v) is 22.4. The third-order valence-electron chi connectivity index (χ3n) is 8.04. The average Bonchev–Trinajstić information content (AvgIpc) is 3.73. The quantitative estimate of drug-likeness (QED) is 0.223. The second kappa shape index (κ2) is 9.16. The zero-order chi connectivity index (χ0) is 26.2. The molecule has 0 saturated heterocycles. The molecule has 5 aromatic rings. The minimum atomic E-state index is -0.0310. The fourth-order valence-electron chi connectivity index (χ4n) is 6.09. The molecule has 9 rings (SSSR count). The van der Waals surface area contributed by atoms with Gasteiger partial charge in [0, 0.05) is 46.3 Å². The first kappa shape index (κ1) is 24.1. The summed E-state index contributed by atoms with van der Waals surface area (Å²) >= 11 is 0. The maximum absolute atomic E-state index is 5.02. The summed E-state index contributed by atoms with van der Waals surface area (Å²) in [5, 5.41) is 3.73. The molecule has 2 aromatic carbocycles. The zero-order valence-electron chi connectivity index (χ0n) is 21.4. The van der Waals surface area contributed by atoms with Crippen molar-refractivity contribution in [3.8, 4) is 0 Å². The molecule has 9 heteroatoms. The first-order valence-electron chi connectivity index (χ1n) is 13.4. The molecule has 1 radical (unpaired) electrons. The van der Waals surface area contributed by atoms with Crippen LogP contribution in [0.3, 0.4) is 0 Å². The van der Waals surface area contributed by atoms with Crippen LogP contribution in [0.5, 0.6) is 0 Å². The van der Waals surface area contributed by atoms with Gasteiger partial charge in [-0.3, -0.25) is 9.97 Å². The van der Waals surface area contributed by atoms with Gasteiger partial charge >= 0.3 is 17.1 Å². The molecule has 5 heterocycles. The monoisotopic (exact) mass is 579 g/mol. The van der Waals surface area contributed by atoms with Crippen LogP contribution in [0.25, 0.3) is 44.1 Å². The molecule has 2 aliphatic heterocycles. The Kier molecular flexibility index (Phi) is 5.38. The summed E-state index contributed by atoms with van der Waals surface area (Å²) in [6.45, 7) is 0. The van der Waals surface area contributed by atoms with E-state index >= 15 is 0 Å². The van der Waals surface area contributed by atoms with Crippen LogP contribution in [-0.2, 0) is 17.1 Å². The predicted octanol–water partition coefficient (Wildman–Crippen LogP) is 5.44. The Hall–Kier alpha value is -4.72. The third-order valence-corrected chi connectivity index (χ3v) is 8.04.